The smallest absolute Gasteiger partial charge is 0.127 e. The average molecular weight is 298 g/mol. The van der Waals surface area contributed by atoms with Gasteiger partial charge in [-0.15, -0.1) is 0 Å². The molecule has 1 aromatic rings. The zero-order valence-corrected chi connectivity index (χ0v) is 11.7. The van der Waals surface area contributed by atoms with Crippen LogP contribution in [0.15, 0.2) is 22.8 Å². The van der Waals surface area contributed by atoms with Gasteiger partial charge in [-0.05, 0) is 54.0 Å². The summed E-state index contributed by atoms with van der Waals surface area (Å²) in [6, 6.07) is 5.96. The predicted octanol–water partition coefficient (Wildman–Crippen LogP) is 3.13. The standard InChI is InChI=1S/C13H20BrN3/c14-12-6-5-7-13(16-12)15-8-11-17-9-3-1-2-4-10-17/h5-7H,1-4,8-11H2,(H,15,16). The molecule has 1 saturated heterocycles. The van der Waals surface area contributed by atoms with Crippen LogP contribution >= 0.6 is 15.9 Å². The lowest BCUT2D eigenvalue weighted by molar-refractivity contribution is 0.296. The quantitative estimate of drug-likeness (QED) is 0.866. The summed E-state index contributed by atoms with van der Waals surface area (Å²) < 4.78 is 0.886. The molecule has 0 amide bonds. The van der Waals surface area contributed by atoms with E-state index in [0.717, 1.165) is 23.5 Å². The van der Waals surface area contributed by atoms with Crippen molar-refractivity contribution in [2.45, 2.75) is 25.7 Å². The number of likely N-dealkylation sites (tertiary alicyclic amines) is 1. The van der Waals surface area contributed by atoms with Crippen molar-refractivity contribution >= 4 is 21.7 Å². The molecule has 0 saturated carbocycles. The molecule has 2 rings (SSSR count). The molecule has 0 radical (unpaired) electrons. The Morgan fingerprint density at radius 1 is 1.18 bits per heavy atom. The van der Waals surface area contributed by atoms with Gasteiger partial charge in [-0.2, -0.15) is 0 Å². The molecule has 1 aromatic heterocycles. The number of hydrogen-bond donors (Lipinski definition) is 1. The summed E-state index contributed by atoms with van der Waals surface area (Å²) in [4.78, 5) is 6.91. The largest absolute Gasteiger partial charge is 0.369 e. The van der Waals surface area contributed by atoms with Crippen molar-refractivity contribution in [3.8, 4) is 0 Å². The van der Waals surface area contributed by atoms with Crippen LogP contribution in [0.5, 0.6) is 0 Å². The van der Waals surface area contributed by atoms with E-state index in [1.165, 1.54) is 38.8 Å². The van der Waals surface area contributed by atoms with Gasteiger partial charge in [-0.3, -0.25) is 0 Å². The van der Waals surface area contributed by atoms with Gasteiger partial charge < -0.3 is 10.2 Å². The summed E-state index contributed by atoms with van der Waals surface area (Å²) >= 11 is 3.38. The Balaban J connectivity index is 1.71. The number of rotatable bonds is 4. The van der Waals surface area contributed by atoms with E-state index in [2.05, 4.69) is 31.1 Å². The molecule has 1 aliphatic heterocycles. The predicted molar refractivity (Wildman–Crippen MR) is 75.3 cm³/mol. The number of halogens is 1. The Morgan fingerprint density at radius 2 is 1.94 bits per heavy atom. The highest BCUT2D eigenvalue weighted by atomic mass is 79.9. The van der Waals surface area contributed by atoms with Gasteiger partial charge in [-0.1, -0.05) is 18.9 Å². The summed E-state index contributed by atoms with van der Waals surface area (Å²) in [5.74, 6) is 0.953. The average Bonchev–Trinajstić information content (AvgIpc) is 2.58. The normalized spacial score (nSPS) is 17.7. The van der Waals surface area contributed by atoms with E-state index in [-0.39, 0.29) is 0 Å². The second-order valence-electron chi connectivity index (χ2n) is 4.53. The summed E-state index contributed by atoms with van der Waals surface area (Å²) in [5, 5.41) is 3.37. The summed E-state index contributed by atoms with van der Waals surface area (Å²) in [7, 11) is 0. The summed E-state index contributed by atoms with van der Waals surface area (Å²) in [5.41, 5.74) is 0. The SMILES string of the molecule is Brc1cccc(NCCN2CCCCCC2)n1. The molecule has 0 atom stereocenters. The molecule has 1 aliphatic rings. The van der Waals surface area contributed by atoms with E-state index in [9.17, 15) is 0 Å². The highest BCUT2D eigenvalue weighted by Gasteiger charge is 2.07. The van der Waals surface area contributed by atoms with Crippen LogP contribution in [0.3, 0.4) is 0 Å². The van der Waals surface area contributed by atoms with Gasteiger partial charge in [0.2, 0.25) is 0 Å². The van der Waals surface area contributed by atoms with Gasteiger partial charge in [0.25, 0.3) is 0 Å². The van der Waals surface area contributed by atoms with Crippen molar-refractivity contribution in [1.82, 2.24) is 9.88 Å². The fourth-order valence-corrected chi connectivity index (χ4v) is 2.55. The number of pyridine rings is 1. The highest BCUT2D eigenvalue weighted by molar-refractivity contribution is 9.10. The second-order valence-corrected chi connectivity index (χ2v) is 5.34. The van der Waals surface area contributed by atoms with E-state index >= 15 is 0 Å². The van der Waals surface area contributed by atoms with Crippen molar-refractivity contribution in [1.29, 1.82) is 0 Å². The third-order valence-corrected chi connectivity index (χ3v) is 3.59. The molecule has 4 heteroatoms. The molecular formula is C13H20BrN3. The van der Waals surface area contributed by atoms with Gasteiger partial charge in [0.05, 0.1) is 0 Å². The molecule has 1 N–H and O–H groups in total. The molecule has 0 aliphatic carbocycles. The third kappa shape index (κ3) is 4.64. The molecule has 0 bridgehead atoms. The Kier molecular flexibility index (Phi) is 5.26. The van der Waals surface area contributed by atoms with Gasteiger partial charge in [0.15, 0.2) is 0 Å². The molecule has 17 heavy (non-hydrogen) atoms. The van der Waals surface area contributed by atoms with E-state index in [4.69, 9.17) is 0 Å². The maximum atomic E-state index is 4.36. The Bertz CT molecular complexity index is 335. The van der Waals surface area contributed by atoms with Crippen LogP contribution < -0.4 is 5.32 Å². The number of aromatic nitrogens is 1. The van der Waals surface area contributed by atoms with E-state index in [1.807, 2.05) is 18.2 Å². The number of nitrogens with zero attached hydrogens (tertiary/aromatic N) is 2. The third-order valence-electron chi connectivity index (χ3n) is 3.15. The van der Waals surface area contributed by atoms with Gasteiger partial charge in [0, 0.05) is 13.1 Å². The molecular weight excluding hydrogens is 278 g/mol. The molecule has 3 nitrogen and oxygen atoms in total. The fourth-order valence-electron chi connectivity index (χ4n) is 2.21. The van der Waals surface area contributed by atoms with Crippen LogP contribution in [-0.4, -0.2) is 36.1 Å². The monoisotopic (exact) mass is 297 g/mol. The molecule has 2 heterocycles. The lowest BCUT2D eigenvalue weighted by Crippen LogP contribution is -2.30. The van der Waals surface area contributed by atoms with Crippen LogP contribution in [0, 0.1) is 0 Å². The lowest BCUT2D eigenvalue weighted by Gasteiger charge is -2.19. The Hall–Kier alpha value is -0.610. The first-order valence-electron chi connectivity index (χ1n) is 6.43. The van der Waals surface area contributed by atoms with E-state index in [0.29, 0.717) is 0 Å². The zero-order valence-electron chi connectivity index (χ0n) is 10.2. The fraction of sp³-hybridized carbons (Fsp3) is 0.615. The van der Waals surface area contributed by atoms with Gasteiger partial charge >= 0.3 is 0 Å². The number of nitrogens with one attached hydrogen (secondary N) is 1. The van der Waals surface area contributed by atoms with Crippen molar-refractivity contribution in [3.63, 3.8) is 0 Å². The van der Waals surface area contributed by atoms with Gasteiger partial charge in [0.1, 0.15) is 10.4 Å². The van der Waals surface area contributed by atoms with Crippen LogP contribution in [0.1, 0.15) is 25.7 Å². The number of anilines is 1. The minimum atomic E-state index is 0.886. The first-order valence-corrected chi connectivity index (χ1v) is 7.23. The molecule has 0 unspecified atom stereocenters. The maximum Gasteiger partial charge on any atom is 0.127 e. The Labute approximate surface area is 112 Å². The minimum absolute atomic E-state index is 0.886. The van der Waals surface area contributed by atoms with Crippen molar-refractivity contribution in [3.05, 3.63) is 22.8 Å². The highest BCUT2D eigenvalue weighted by Crippen LogP contribution is 2.11. The lowest BCUT2D eigenvalue weighted by atomic mass is 10.2. The van der Waals surface area contributed by atoms with Crippen molar-refractivity contribution in [2.75, 3.05) is 31.5 Å². The second kappa shape index (κ2) is 6.97. The number of hydrogen-bond acceptors (Lipinski definition) is 3. The summed E-state index contributed by atoms with van der Waals surface area (Å²) in [6.07, 6.45) is 5.51. The van der Waals surface area contributed by atoms with Crippen LogP contribution in [0.4, 0.5) is 5.82 Å². The molecule has 0 aromatic carbocycles. The first kappa shape index (κ1) is 12.8. The minimum Gasteiger partial charge on any atom is -0.369 e. The van der Waals surface area contributed by atoms with E-state index < -0.39 is 0 Å². The van der Waals surface area contributed by atoms with Crippen LogP contribution in [-0.2, 0) is 0 Å². The van der Waals surface area contributed by atoms with Gasteiger partial charge in [-0.25, -0.2) is 4.98 Å². The first-order chi connectivity index (χ1) is 8.34. The summed E-state index contributed by atoms with van der Waals surface area (Å²) in [6.45, 7) is 4.61. The molecule has 1 fully saturated rings. The van der Waals surface area contributed by atoms with Crippen LogP contribution in [0.25, 0.3) is 0 Å². The molecule has 94 valence electrons. The Morgan fingerprint density at radius 3 is 2.65 bits per heavy atom. The van der Waals surface area contributed by atoms with Crippen molar-refractivity contribution in [2.24, 2.45) is 0 Å². The topological polar surface area (TPSA) is 28.2 Å². The van der Waals surface area contributed by atoms with E-state index in [1.54, 1.807) is 0 Å². The molecule has 0 spiro atoms. The zero-order chi connectivity index (χ0) is 11.9. The maximum absolute atomic E-state index is 4.36. The van der Waals surface area contributed by atoms with Crippen LogP contribution in [0.2, 0.25) is 0 Å². The van der Waals surface area contributed by atoms with Crippen molar-refractivity contribution < 1.29 is 0 Å².